The minimum absolute atomic E-state index is 0.0572. The molecule has 11 nitrogen and oxygen atoms in total. The fourth-order valence-corrected chi connectivity index (χ4v) is 4.24. The summed E-state index contributed by atoms with van der Waals surface area (Å²) in [4.78, 5) is 50.5. The van der Waals surface area contributed by atoms with E-state index in [1.54, 1.807) is 4.90 Å². The van der Waals surface area contributed by atoms with E-state index >= 15 is 0 Å². The lowest BCUT2D eigenvalue weighted by Crippen LogP contribution is -2.53. The van der Waals surface area contributed by atoms with E-state index in [-0.39, 0.29) is 17.6 Å². The van der Waals surface area contributed by atoms with Crippen LogP contribution >= 0.6 is 0 Å². The lowest BCUT2D eigenvalue weighted by Gasteiger charge is -2.33. The third-order valence-electron chi connectivity index (χ3n) is 6.03. The number of carbonyl (C=O) groups excluding carboxylic acids is 3. The molecule has 3 amide bonds. The van der Waals surface area contributed by atoms with Gasteiger partial charge in [0, 0.05) is 25.6 Å². The lowest BCUT2D eigenvalue weighted by atomic mass is 9.92. The van der Waals surface area contributed by atoms with Gasteiger partial charge in [-0.25, -0.2) is 0 Å². The SMILES string of the molecule is O=C(O)C[C@@H](NC(=O)c1ccno1)NC(=O)[C@@H]1CCCN(C(=O)CCC2CCNCC2)C1. The minimum Gasteiger partial charge on any atom is -0.481 e. The van der Waals surface area contributed by atoms with Crippen LogP contribution in [0, 0.1) is 11.8 Å². The van der Waals surface area contributed by atoms with Crippen molar-refractivity contribution in [1.82, 2.24) is 26.0 Å². The fraction of sp³-hybridized carbons (Fsp3) is 0.667. The topological polar surface area (TPSA) is 154 Å². The molecule has 2 saturated heterocycles. The molecule has 0 spiro atoms. The average Bonchev–Trinajstić information content (AvgIpc) is 3.33. The highest BCUT2D eigenvalue weighted by molar-refractivity contribution is 5.92. The zero-order chi connectivity index (χ0) is 22.9. The van der Waals surface area contributed by atoms with Crippen molar-refractivity contribution in [1.29, 1.82) is 0 Å². The normalized spacial score (nSPS) is 20.4. The second kappa shape index (κ2) is 11.6. The Morgan fingerprint density at radius 3 is 2.69 bits per heavy atom. The maximum atomic E-state index is 12.8. The second-order valence-corrected chi connectivity index (χ2v) is 8.42. The summed E-state index contributed by atoms with van der Waals surface area (Å²) in [6.45, 7) is 2.91. The van der Waals surface area contributed by atoms with Gasteiger partial charge in [-0.3, -0.25) is 19.2 Å². The average molecular weight is 450 g/mol. The second-order valence-electron chi connectivity index (χ2n) is 8.42. The molecular formula is C21H31N5O6. The van der Waals surface area contributed by atoms with Gasteiger partial charge in [0.25, 0.3) is 5.91 Å². The van der Waals surface area contributed by atoms with Crippen molar-refractivity contribution in [3.63, 3.8) is 0 Å². The van der Waals surface area contributed by atoms with Crippen LogP contribution in [-0.4, -0.2) is 71.2 Å². The van der Waals surface area contributed by atoms with Gasteiger partial charge >= 0.3 is 5.97 Å². The van der Waals surface area contributed by atoms with Crippen molar-refractivity contribution in [3.05, 3.63) is 18.0 Å². The van der Waals surface area contributed by atoms with Crippen molar-refractivity contribution < 1.29 is 28.8 Å². The minimum atomic E-state index is -1.17. The summed E-state index contributed by atoms with van der Waals surface area (Å²) in [5.41, 5.74) is 0. The van der Waals surface area contributed by atoms with Crippen LogP contribution in [0.1, 0.15) is 55.5 Å². The molecule has 2 fully saturated rings. The van der Waals surface area contributed by atoms with Gasteiger partial charge in [-0.05, 0) is 51.1 Å². The molecular weight excluding hydrogens is 418 g/mol. The van der Waals surface area contributed by atoms with E-state index in [1.165, 1.54) is 12.3 Å². The third-order valence-corrected chi connectivity index (χ3v) is 6.03. The van der Waals surface area contributed by atoms with Gasteiger partial charge in [0.2, 0.25) is 17.6 Å². The summed E-state index contributed by atoms with van der Waals surface area (Å²) in [5, 5.41) is 20.9. The molecule has 1 aromatic heterocycles. The van der Waals surface area contributed by atoms with Crippen LogP contribution in [0.3, 0.4) is 0 Å². The van der Waals surface area contributed by atoms with Crippen LogP contribution in [0.25, 0.3) is 0 Å². The number of aliphatic carboxylic acids is 1. The number of carboxylic acid groups (broad SMARTS) is 1. The van der Waals surface area contributed by atoms with E-state index in [2.05, 4.69) is 21.1 Å². The van der Waals surface area contributed by atoms with Crippen LogP contribution in [0.4, 0.5) is 0 Å². The van der Waals surface area contributed by atoms with Crippen LogP contribution in [0.5, 0.6) is 0 Å². The summed E-state index contributed by atoms with van der Waals surface area (Å²) in [6.07, 6.45) is 4.51. The molecule has 0 aromatic carbocycles. The molecule has 3 heterocycles. The number of hydrogen-bond acceptors (Lipinski definition) is 7. The molecule has 2 aliphatic heterocycles. The number of carboxylic acids is 1. The van der Waals surface area contributed by atoms with Gasteiger partial charge in [0.05, 0.1) is 18.5 Å². The first kappa shape index (κ1) is 23.7. The molecule has 4 N–H and O–H groups in total. The maximum absolute atomic E-state index is 12.8. The number of nitrogens with zero attached hydrogens (tertiary/aromatic N) is 2. The van der Waals surface area contributed by atoms with Gasteiger partial charge in [-0.2, -0.15) is 0 Å². The Balaban J connectivity index is 1.50. The van der Waals surface area contributed by atoms with Crippen LogP contribution in [0.2, 0.25) is 0 Å². The quantitative estimate of drug-likeness (QED) is 0.394. The molecule has 2 aliphatic rings. The number of nitrogens with one attached hydrogen (secondary N) is 3. The Kier molecular flexibility index (Phi) is 8.60. The number of aromatic nitrogens is 1. The molecule has 176 valence electrons. The van der Waals surface area contributed by atoms with E-state index in [1.807, 2.05) is 0 Å². The monoisotopic (exact) mass is 449 g/mol. The summed E-state index contributed by atoms with van der Waals surface area (Å²) in [6, 6.07) is 1.34. The van der Waals surface area contributed by atoms with Gasteiger partial charge in [0.15, 0.2) is 0 Å². The third kappa shape index (κ3) is 7.04. The molecule has 0 unspecified atom stereocenters. The first-order valence-electron chi connectivity index (χ1n) is 11.1. The zero-order valence-corrected chi connectivity index (χ0v) is 18.0. The van der Waals surface area contributed by atoms with E-state index < -0.39 is 30.4 Å². The number of amides is 3. The van der Waals surface area contributed by atoms with Crippen LogP contribution in [-0.2, 0) is 14.4 Å². The highest BCUT2D eigenvalue weighted by atomic mass is 16.5. The molecule has 0 aliphatic carbocycles. The Labute approximate surface area is 186 Å². The van der Waals surface area contributed by atoms with Crippen molar-refractivity contribution in [2.24, 2.45) is 11.8 Å². The molecule has 32 heavy (non-hydrogen) atoms. The van der Waals surface area contributed by atoms with Crippen molar-refractivity contribution >= 4 is 23.7 Å². The van der Waals surface area contributed by atoms with Gasteiger partial charge in [0.1, 0.15) is 6.17 Å². The Morgan fingerprint density at radius 1 is 1.22 bits per heavy atom. The number of piperidine rings is 2. The summed E-state index contributed by atoms with van der Waals surface area (Å²) < 4.78 is 4.76. The summed E-state index contributed by atoms with van der Waals surface area (Å²) in [7, 11) is 0. The first-order valence-corrected chi connectivity index (χ1v) is 11.1. The zero-order valence-electron chi connectivity index (χ0n) is 18.0. The van der Waals surface area contributed by atoms with Gasteiger partial charge in [-0.1, -0.05) is 5.16 Å². The maximum Gasteiger partial charge on any atom is 0.307 e. The highest BCUT2D eigenvalue weighted by Gasteiger charge is 2.31. The Morgan fingerprint density at radius 2 is 2.00 bits per heavy atom. The molecule has 0 radical (unpaired) electrons. The van der Waals surface area contributed by atoms with Crippen molar-refractivity contribution in [2.45, 2.75) is 51.1 Å². The van der Waals surface area contributed by atoms with Crippen LogP contribution < -0.4 is 16.0 Å². The Hall–Kier alpha value is -2.95. The highest BCUT2D eigenvalue weighted by Crippen LogP contribution is 2.21. The number of hydrogen-bond donors (Lipinski definition) is 4. The first-order chi connectivity index (χ1) is 15.4. The molecule has 11 heteroatoms. The van der Waals surface area contributed by atoms with E-state index in [9.17, 15) is 19.2 Å². The largest absolute Gasteiger partial charge is 0.481 e. The standard InChI is InChI=1S/C21H31N5O6/c27-18(4-3-14-5-8-22-9-6-14)26-11-1-2-15(13-26)20(30)24-17(12-19(28)29)25-21(31)16-7-10-23-32-16/h7,10,14-15,17,22H,1-6,8-9,11-13H2,(H,24,30)(H,25,31)(H,28,29)/t15-,17-/m1/s1. The van der Waals surface area contributed by atoms with Crippen LogP contribution in [0.15, 0.2) is 16.8 Å². The molecule has 3 rings (SSSR count). The summed E-state index contributed by atoms with van der Waals surface area (Å²) in [5.74, 6) is -2.15. The van der Waals surface area contributed by atoms with Gasteiger partial charge < -0.3 is 30.5 Å². The number of likely N-dealkylation sites (tertiary alicyclic amines) is 1. The van der Waals surface area contributed by atoms with E-state index in [4.69, 9.17) is 9.63 Å². The molecule has 1 aromatic rings. The van der Waals surface area contributed by atoms with E-state index in [0.29, 0.717) is 38.3 Å². The van der Waals surface area contributed by atoms with Crippen molar-refractivity contribution in [3.8, 4) is 0 Å². The molecule has 0 saturated carbocycles. The predicted molar refractivity (Wildman–Crippen MR) is 112 cm³/mol. The molecule has 0 bridgehead atoms. The molecule has 2 atom stereocenters. The predicted octanol–water partition coefficient (Wildman–Crippen LogP) is 0.340. The van der Waals surface area contributed by atoms with E-state index in [0.717, 1.165) is 32.4 Å². The van der Waals surface area contributed by atoms with Gasteiger partial charge in [-0.15, -0.1) is 0 Å². The fourth-order valence-electron chi connectivity index (χ4n) is 4.24. The number of rotatable bonds is 9. The van der Waals surface area contributed by atoms with Crippen molar-refractivity contribution in [2.75, 3.05) is 26.2 Å². The Bertz CT molecular complexity index is 793. The lowest BCUT2D eigenvalue weighted by molar-refractivity contribution is -0.138. The number of carbonyl (C=O) groups is 4. The summed E-state index contributed by atoms with van der Waals surface area (Å²) >= 11 is 0. The smallest absolute Gasteiger partial charge is 0.307 e.